The van der Waals surface area contributed by atoms with Crippen LogP contribution in [0, 0.1) is 5.92 Å². The summed E-state index contributed by atoms with van der Waals surface area (Å²) in [6.45, 7) is 5.74. The van der Waals surface area contributed by atoms with Gasteiger partial charge in [-0.2, -0.15) is 0 Å². The first-order chi connectivity index (χ1) is 9.13. The molecule has 1 aromatic heterocycles. The molecular formula is C16H21N3. The molecule has 19 heavy (non-hydrogen) atoms. The molecule has 3 nitrogen and oxygen atoms in total. The van der Waals surface area contributed by atoms with E-state index < -0.39 is 0 Å². The number of anilines is 2. The molecule has 0 amide bonds. The minimum atomic E-state index is 0.572. The van der Waals surface area contributed by atoms with Crippen molar-refractivity contribution in [2.45, 2.75) is 32.7 Å². The van der Waals surface area contributed by atoms with E-state index >= 15 is 0 Å². The van der Waals surface area contributed by atoms with E-state index in [1.807, 2.05) is 18.2 Å². The lowest BCUT2D eigenvalue weighted by molar-refractivity contribution is 0.376. The van der Waals surface area contributed by atoms with Crippen LogP contribution in [0.3, 0.4) is 0 Å². The van der Waals surface area contributed by atoms with Gasteiger partial charge in [0.05, 0.1) is 5.52 Å². The van der Waals surface area contributed by atoms with Gasteiger partial charge in [-0.15, -0.1) is 0 Å². The summed E-state index contributed by atoms with van der Waals surface area (Å²) in [6, 6.07) is 10.7. The largest absolute Gasteiger partial charge is 0.399 e. The molecule has 1 fully saturated rings. The van der Waals surface area contributed by atoms with Gasteiger partial charge in [0.25, 0.3) is 0 Å². The maximum atomic E-state index is 5.80. The molecule has 0 saturated carbocycles. The highest BCUT2D eigenvalue weighted by molar-refractivity contribution is 5.83. The summed E-state index contributed by atoms with van der Waals surface area (Å²) in [7, 11) is 0. The number of fused-ring (bicyclic) bond motifs is 1. The van der Waals surface area contributed by atoms with E-state index in [0.717, 1.165) is 34.9 Å². The maximum absolute atomic E-state index is 5.80. The highest BCUT2D eigenvalue weighted by Gasteiger charge is 2.23. The summed E-state index contributed by atoms with van der Waals surface area (Å²) < 4.78 is 0. The Morgan fingerprint density at radius 1 is 1.21 bits per heavy atom. The molecule has 1 aliphatic heterocycles. The van der Waals surface area contributed by atoms with Gasteiger partial charge < -0.3 is 10.6 Å². The SMILES string of the molecule is CC1CCN(c2ccc3cc(N)ccc3n2)C(C)C1. The van der Waals surface area contributed by atoms with Gasteiger partial charge in [0.2, 0.25) is 0 Å². The van der Waals surface area contributed by atoms with Crippen LogP contribution >= 0.6 is 0 Å². The molecule has 2 unspecified atom stereocenters. The maximum Gasteiger partial charge on any atom is 0.129 e. The summed E-state index contributed by atoms with van der Waals surface area (Å²) in [4.78, 5) is 7.21. The average Bonchev–Trinajstić information content (AvgIpc) is 2.38. The second kappa shape index (κ2) is 4.72. The number of pyridine rings is 1. The van der Waals surface area contributed by atoms with Crippen LogP contribution in [0.5, 0.6) is 0 Å². The monoisotopic (exact) mass is 255 g/mol. The molecule has 3 heteroatoms. The zero-order valence-corrected chi connectivity index (χ0v) is 11.6. The quantitative estimate of drug-likeness (QED) is 0.794. The Morgan fingerprint density at radius 3 is 2.84 bits per heavy atom. The predicted molar refractivity (Wildman–Crippen MR) is 81.4 cm³/mol. The zero-order chi connectivity index (χ0) is 13.4. The van der Waals surface area contributed by atoms with Gasteiger partial charge in [0.15, 0.2) is 0 Å². The molecule has 1 saturated heterocycles. The van der Waals surface area contributed by atoms with Gasteiger partial charge in [-0.3, -0.25) is 0 Å². The molecule has 3 rings (SSSR count). The van der Waals surface area contributed by atoms with Crippen molar-refractivity contribution in [1.29, 1.82) is 0 Å². The van der Waals surface area contributed by atoms with Crippen molar-refractivity contribution in [3.05, 3.63) is 30.3 Å². The number of rotatable bonds is 1. The summed E-state index contributed by atoms with van der Waals surface area (Å²) in [5, 5.41) is 1.11. The number of hydrogen-bond donors (Lipinski definition) is 1. The molecular weight excluding hydrogens is 234 g/mol. The van der Waals surface area contributed by atoms with Gasteiger partial charge in [-0.25, -0.2) is 4.98 Å². The third-order valence-electron chi connectivity index (χ3n) is 4.13. The minimum Gasteiger partial charge on any atom is -0.399 e. The topological polar surface area (TPSA) is 42.1 Å². The first kappa shape index (κ1) is 12.3. The lowest BCUT2D eigenvalue weighted by atomic mass is 9.93. The number of hydrogen-bond acceptors (Lipinski definition) is 3. The van der Waals surface area contributed by atoms with E-state index in [9.17, 15) is 0 Å². The van der Waals surface area contributed by atoms with Crippen LogP contribution in [0.2, 0.25) is 0 Å². The molecule has 0 bridgehead atoms. The average molecular weight is 255 g/mol. The number of aromatic nitrogens is 1. The smallest absolute Gasteiger partial charge is 0.129 e. The van der Waals surface area contributed by atoms with Gasteiger partial charge in [-0.1, -0.05) is 6.92 Å². The number of nitrogens with two attached hydrogens (primary N) is 1. The number of piperidine rings is 1. The van der Waals surface area contributed by atoms with Gasteiger partial charge >= 0.3 is 0 Å². The fraction of sp³-hybridized carbons (Fsp3) is 0.438. The standard InChI is InChI=1S/C16H21N3/c1-11-7-8-19(12(2)9-11)16-6-3-13-10-14(17)4-5-15(13)18-16/h3-6,10-12H,7-9,17H2,1-2H3. The molecule has 0 spiro atoms. The normalized spacial score (nSPS) is 23.8. The number of nitrogens with zero attached hydrogens (tertiary/aromatic N) is 2. The summed E-state index contributed by atoms with van der Waals surface area (Å²) in [5.74, 6) is 1.92. The fourth-order valence-corrected chi connectivity index (χ4v) is 3.04. The molecule has 0 radical (unpaired) electrons. The van der Waals surface area contributed by atoms with Crippen LogP contribution in [0.4, 0.5) is 11.5 Å². The van der Waals surface area contributed by atoms with Crippen molar-refractivity contribution in [1.82, 2.24) is 4.98 Å². The van der Waals surface area contributed by atoms with E-state index in [-0.39, 0.29) is 0 Å². The Morgan fingerprint density at radius 2 is 2.05 bits per heavy atom. The first-order valence-corrected chi connectivity index (χ1v) is 7.06. The third kappa shape index (κ3) is 2.37. The van der Waals surface area contributed by atoms with Crippen LogP contribution in [-0.2, 0) is 0 Å². The van der Waals surface area contributed by atoms with Crippen molar-refractivity contribution in [2.75, 3.05) is 17.2 Å². The molecule has 1 aliphatic rings. The van der Waals surface area contributed by atoms with Crippen molar-refractivity contribution in [3.8, 4) is 0 Å². The number of nitrogen functional groups attached to an aromatic ring is 1. The highest BCUT2D eigenvalue weighted by atomic mass is 15.2. The van der Waals surface area contributed by atoms with Gasteiger partial charge in [0.1, 0.15) is 5.82 Å². The zero-order valence-electron chi connectivity index (χ0n) is 11.6. The summed E-state index contributed by atoms with van der Waals surface area (Å²) in [6.07, 6.45) is 2.51. The second-order valence-corrected chi connectivity index (χ2v) is 5.79. The van der Waals surface area contributed by atoms with Crippen molar-refractivity contribution in [3.63, 3.8) is 0 Å². The molecule has 100 valence electrons. The van der Waals surface area contributed by atoms with E-state index in [1.165, 1.54) is 12.8 Å². The predicted octanol–water partition coefficient (Wildman–Crippen LogP) is 3.44. The second-order valence-electron chi connectivity index (χ2n) is 5.79. The summed E-state index contributed by atoms with van der Waals surface area (Å²) in [5.41, 5.74) is 7.62. The Bertz CT molecular complexity index is 594. The van der Waals surface area contributed by atoms with E-state index in [0.29, 0.717) is 6.04 Å². The molecule has 1 aromatic carbocycles. The third-order valence-corrected chi connectivity index (χ3v) is 4.13. The van der Waals surface area contributed by atoms with E-state index in [4.69, 9.17) is 10.7 Å². The van der Waals surface area contributed by atoms with Crippen LogP contribution in [0.1, 0.15) is 26.7 Å². The van der Waals surface area contributed by atoms with Gasteiger partial charge in [-0.05, 0) is 56.0 Å². The highest BCUT2D eigenvalue weighted by Crippen LogP contribution is 2.28. The number of benzene rings is 1. The van der Waals surface area contributed by atoms with Crippen LogP contribution in [-0.4, -0.2) is 17.6 Å². The molecule has 2 aromatic rings. The van der Waals surface area contributed by atoms with Gasteiger partial charge in [0, 0.05) is 23.7 Å². The fourth-order valence-electron chi connectivity index (χ4n) is 3.04. The lowest BCUT2D eigenvalue weighted by Crippen LogP contribution is -2.40. The Kier molecular flexibility index (Phi) is 3.05. The Labute approximate surface area is 114 Å². The Balaban J connectivity index is 1.95. The molecule has 2 N–H and O–H groups in total. The van der Waals surface area contributed by atoms with Crippen molar-refractivity contribution in [2.24, 2.45) is 5.92 Å². The van der Waals surface area contributed by atoms with Crippen LogP contribution in [0.25, 0.3) is 10.9 Å². The van der Waals surface area contributed by atoms with Crippen molar-refractivity contribution < 1.29 is 0 Å². The van der Waals surface area contributed by atoms with E-state index in [2.05, 4.69) is 30.9 Å². The van der Waals surface area contributed by atoms with Crippen LogP contribution in [0.15, 0.2) is 30.3 Å². The lowest BCUT2D eigenvalue weighted by Gasteiger charge is -2.37. The molecule has 0 aliphatic carbocycles. The molecule has 2 atom stereocenters. The van der Waals surface area contributed by atoms with E-state index in [1.54, 1.807) is 0 Å². The molecule has 2 heterocycles. The Hall–Kier alpha value is -1.77. The van der Waals surface area contributed by atoms with Crippen molar-refractivity contribution >= 4 is 22.4 Å². The first-order valence-electron chi connectivity index (χ1n) is 7.06. The summed E-state index contributed by atoms with van der Waals surface area (Å²) >= 11 is 0. The minimum absolute atomic E-state index is 0.572. The van der Waals surface area contributed by atoms with Crippen LogP contribution < -0.4 is 10.6 Å².